The first kappa shape index (κ1) is 22.6. The van der Waals surface area contributed by atoms with Crippen molar-refractivity contribution in [3.05, 3.63) is 85.7 Å². The zero-order valence-corrected chi connectivity index (χ0v) is 19.2. The second kappa shape index (κ2) is 9.88. The third-order valence-electron chi connectivity index (χ3n) is 5.23. The van der Waals surface area contributed by atoms with Gasteiger partial charge in [0.25, 0.3) is 5.56 Å². The molecule has 0 aliphatic carbocycles. The number of rotatable bonds is 9. The van der Waals surface area contributed by atoms with Gasteiger partial charge in [0.05, 0.1) is 24.6 Å². The number of aromatic nitrogens is 3. The van der Waals surface area contributed by atoms with Crippen LogP contribution in [0.1, 0.15) is 17.0 Å². The van der Waals surface area contributed by atoms with Crippen molar-refractivity contribution < 1.29 is 9.15 Å². The van der Waals surface area contributed by atoms with E-state index in [0.717, 1.165) is 10.4 Å². The number of benzene rings is 1. The van der Waals surface area contributed by atoms with E-state index < -0.39 is 11.2 Å². The Morgan fingerprint density at radius 2 is 1.97 bits per heavy atom. The van der Waals surface area contributed by atoms with E-state index in [9.17, 15) is 9.59 Å². The molecule has 9 nitrogen and oxygen atoms in total. The molecule has 4 aromatic rings. The van der Waals surface area contributed by atoms with Crippen LogP contribution in [0, 0.1) is 6.92 Å². The van der Waals surface area contributed by atoms with Crippen molar-refractivity contribution in [1.82, 2.24) is 14.5 Å². The Kier molecular flexibility index (Phi) is 6.76. The number of thiophene rings is 1. The molecule has 0 atom stereocenters. The number of anilines is 2. The zero-order chi connectivity index (χ0) is 23.4. The van der Waals surface area contributed by atoms with Crippen LogP contribution in [-0.4, -0.2) is 28.3 Å². The van der Waals surface area contributed by atoms with Crippen LogP contribution in [0.5, 0.6) is 0 Å². The van der Waals surface area contributed by atoms with Crippen molar-refractivity contribution in [2.75, 3.05) is 24.4 Å². The highest BCUT2D eigenvalue weighted by Crippen LogP contribution is 2.28. The van der Waals surface area contributed by atoms with Crippen molar-refractivity contribution in [2.45, 2.75) is 26.6 Å². The second-order valence-electron chi connectivity index (χ2n) is 7.48. The minimum absolute atomic E-state index is 0.0800. The first-order valence-corrected chi connectivity index (χ1v) is 11.3. The number of aryl methyl sites for hydroxylation is 1. The van der Waals surface area contributed by atoms with Crippen molar-refractivity contribution in [1.29, 1.82) is 0 Å². The Labute approximate surface area is 194 Å². The number of nitrogens with zero attached hydrogens (tertiary/aromatic N) is 3. The summed E-state index contributed by atoms with van der Waals surface area (Å²) in [5, 5.41) is 1.96. The molecule has 0 unspecified atom stereocenters. The summed E-state index contributed by atoms with van der Waals surface area (Å²) < 4.78 is 12.3. The normalized spacial score (nSPS) is 11.1. The SMILES string of the molecule is COCCn1c(N)c(N(Cc2ccccc2)Cc2nc(-c3cccs3)oc2C)c(=O)[nH]c1=O. The van der Waals surface area contributed by atoms with Gasteiger partial charge in [-0.3, -0.25) is 14.3 Å². The smallest absolute Gasteiger partial charge is 0.330 e. The molecule has 3 N–H and O–H groups in total. The van der Waals surface area contributed by atoms with Gasteiger partial charge in [0.2, 0.25) is 5.89 Å². The second-order valence-corrected chi connectivity index (χ2v) is 8.43. The third-order valence-corrected chi connectivity index (χ3v) is 6.09. The highest BCUT2D eigenvalue weighted by atomic mass is 32.1. The van der Waals surface area contributed by atoms with Gasteiger partial charge in [-0.05, 0) is 23.9 Å². The van der Waals surface area contributed by atoms with Crippen LogP contribution in [0.25, 0.3) is 10.8 Å². The topological polar surface area (TPSA) is 119 Å². The number of nitrogens with one attached hydrogen (secondary N) is 1. The number of aromatic amines is 1. The van der Waals surface area contributed by atoms with Crippen LogP contribution in [0.15, 0.2) is 61.9 Å². The molecule has 0 fully saturated rings. The summed E-state index contributed by atoms with van der Waals surface area (Å²) in [5.41, 5.74) is 7.09. The summed E-state index contributed by atoms with van der Waals surface area (Å²) in [5.74, 6) is 1.26. The number of nitrogen functional groups attached to an aromatic ring is 1. The summed E-state index contributed by atoms with van der Waals surface area (Å²) in [7, 11) is 1.54. The Hall–Kier alpha value is -3.63. The predicted molar refractivity (Wildman–Crippen MR) is 128 cm³/mol. The van der Waals surface area contributed by atoms with Crippen LogP contribution in [0.2, 0.25) is 0 Å². The van der Waals surface area contributed by atoms with E-state index in [4.69, 9.17) is 14.9 Å². The van der Waals surface area contributed by atoms with E-state index in [2.05, 4.69) is 9.97 Å². The molecule has 0 aliphatic rings. The number of oxazole rings is 1. The first-order chi connectivity index (χ1) is 16.0. The highest BCUT2D eigenvalue weighted by molar-refractivity contribution is 7.13. The molecule has 0 bridgehead atoms. The average Bonchev–Trinajstić information content (AvgIpc) is 3.44. The van der Waals surface area contributed by atoms with Crippen LogP contribution >= 0.6 is 11.3 Å². The summed E-state index contributed by atoms with van der Waals surface area (Å²) in [6.07, 6.45) is 0. The molecule has 0 radical (unpaired) electrons. The van der Waals surface area contributed by atoms with Gasteiger partial charge in [-0.15, -0.1) is 11.3 Å². The maximum Gasteiger partial charge on any atom is 0.330 e. The van der Waals surface area contributed by atoms with Crippen molar-refractivity contribution in [2.24, 2.45) is 0 Å². The summed E-state index contributed by atoms with van der Waals surface area (Å²) >= 11 is 1.54. The molecule has 3 heterocycles. The standard InChI is InChI=1S/C23H25N5O4S/c1-15-17(25-22(32-15)18-9-6-12-33-18)14-27(13-16-7-4-3-5-8-16)19-20(24)28(10-11-31-2)23(30)26-21(19)29/h3-9,12H,10-11,13-14,24H2,1-2H3,(H,26,29,30). The molecule has 1 aromatic carbocycles. The highest BCUT2D eigenvalue weighted by Gasteiger charge is 2.22. The van der Waals surface area contributed by atoms with Crippen molar-refractivity contribution >= 4 is 22.8 Å². The molecule has 172 valence electrons. The predicted octanol–water partition coefficient (Wildman–Crippen LogP) is 3.00. The van der Waals surface area contributed by atoms with Gasteiger partial charge in [0.15, 0.2) is 0 Å². The number of hydrogen-bond acceptors (Lipinski definition) is 8. The lowest BCUT2D eigenvalue weighted by Gasteiger charge is -2.26. The van der Waals surface area contributed by atoms with Gasteiger partial charge in [-0.2, -0.15) is 0 Å². The third kappa shape index (κ3) is 4.91. The fourth-order valence-electron chi connectivity index (χ4n) is 3.57. The maximum atomic E-state index is 12.9. The molecule has 0 saturated heterocycles. The fourth-order valence-corrected chi connectivity index (χ4v) is 4.22. The van der Waals surface area contributed by atoms with Crippen LogP contribution in [-0.2, 0) is 24.4 Å². The minimum atomic E-state index is -0.574. The molecular formula is C23H25N5O4S. The quantitative estimate of drug-likeness (QED) is 0.388. The molecular weight excluding hydrogens is 442 g/mol. The van der Waals surface area contributed by atoms with Crippen LogP contribution in [0.3, 0.4) is 0 Å². The number of nitrogens with two attached hydrogens (primary N) is 1. The molecule has 4 rings (SSSR count). The molecule has 0 saturated carbocycles. The Morgan fingerprint density at radius 3 is 2.67 bits per heavy atom. The van der Waals surface area contributed by atoms with E-state index >= 15 is 0 Å². The van der Waals surface area contributed by atoms with Gasteiger partial charge >= 0.3 is 5.69 Å². The van der Waals surface area contributed by atoms with Gasteiger partial charge in [0.1, 0.15) is 23.0 Å². The van der Waals surface area contributed by atoms with Crippen LogP contribution in [0.4, 0.5) is 11.5 Å². The number of methoxy groups -OCH3 is 1. The number of hydrogen-bond donors (Lipinski definition) is 2. The number of H-pyrrole nitrogens is 1. The monoisotopic (exact) mass is 467 g/mol. The van der Waals surface area contributed by atoms with Crippen molar-refractivity contribution in [3.8, 4) is 10.8 Å². The molecule has 0 spiro atoms. The van der Waals surface area contributed by atoms with E-state index in [1.807, 2.05) is 59.7 Å². The van der Waals surface area contributed by atoms with Gasteiger partial charge in [-0.1, -0.05) is 36.4 Å². The molecule has 3 aromatic heterocycles. The first-order valence-electron chi connectivity index (χ1n) is 10.4. The summed E-state index contributed by atoms with van der Waals surface area (Å²) in [4.78, 5) is 35.1. The van der Waals surface area contributed by atoms with Gasteiger partial charge in [-0.25, -0.2) is 9.78 Å². The lowest BCUT2D eigenvalue weighted by atomic mass is 10.2. The van der Waals surface area contributed by atoms with Crippen LogP contribution < -0.4 is 21.9 Å². The van der Waals surface area contributed by atoms with E-state index in [1.165, 1.54) is 23.0 Å². The molecule has 0 aliphatic heterocycles. The summed E-state index contributed by atoms with van der Waals surface area (Å²) in [6, 6.07) is 13.6. The Bertz CT molecular complexity index is 1330. The zero-order valence-electron chi connectivity index (χ0n) is 18.4. The van der Waals surface area contributed by atoms with E-state index in [0.29, 0.717) is 23.9 Å². The fraction of sp³-hybridized carbons (Fsp3) is 0.261. The largest absolute Gasteiger partial charge is 0.440 e. The lowest BCUT2D eigenvalue weighted by molar-refractivity contribution is 0.186. The average molecular weight is 468 g/mol. The lowest BCUT2D eigenvalue weighted by Crippen LogP contribution is -2.38. The van der Waals surface area contributed by atoms with Gasteiger partial charge < -0.3 is 19.8 Å². The van der Waals surface area contributed by atoms with Gasteiger partial charge in [0, 0.05) is 13.7 Å². The molecule has 10 heteroatoms. The Balaban J connectivity index is 1.77. The maximum absolute atomic E-state index is 12.9. The minimum Gasteiger partial charge on any atom is -0.440 e. The Morgan fingerprint density at radius 1 is 1.18 bits per heavy atom. The molecule has 33 heavy (non-hydrogen) atoms. The number of ether oxygens (including phenoxy) is 1. The van der Waals surface area contributed by atoms with Crippen molar-refractivity contribution in [3.63, 3.8) is 0 Å². The molecule has 0 amide bonds. The van der Waals surface area contributed by atoms with E-state index in [1.54, 1.807) is 0 Å². The summed E-state index contributed by atoms with van der Waals surface area (Å²) in [6.45, 7) is 2.99. The van der Waals surface area contributed by atoms with E-state index in [-0.39, 0.29) is 31.2 Å².